The van der Waals surface area contributed by atoms with Crippen LogP contribution in [0, 0.1) is 11.6 Å². The van der Waals surface area contributed by atoms with E-state index in [-0.39, 0.29) is 10.2 Å². The van der Waals surface area contributed by atoms with Gasteiger partial charge in [-0.15, -0.1) is 0 Å². The molecule has 1 aromatic heterocycles. The first-order chi connectivity index (χ1) is 8.90. The van der Waals surface area contributed by atoms with Gasteiger partial charge >= 0.3 is 5.97 Å². The van der Waals surface area contributed by atoms with Gasteiger partial charge in [-0.25, -0.2) is 18.3 Å². The Hall–Kier alpha value is -2.09. The lowest BCUT2D eigenvalue weighted by Crippen LogP contribution is -2.20. The van der Waals surface area contributed by atoms with Gasteiger partial charge in [0.2, 0.25) is 11.1 Å². The van der Waals surface area contributed by atoms with Crippen LogP contribution in [0.5, 0.6) is 0 Å². The van der Waals surface area contributed by atoms with E-state index in [1.165, 1.54) is 0 Å². The summed E-state index contributed by atoms with van der Waals surface area (Å²) in [6, 6.07) is 2.65. The van der Waals surface area contributed by atoms with Crippen molar-refractivity contribution < 1.29 is 18.7 Å². The quantitative estimate of drug-likeness (QED) is 0.854. The number of carboxylic acid groups (broad SMARTS) is 1. The Kier molecular flexibility index (Phi) is 3.43. The molecule has 0 aliphatic rings. The van der Waals surface area contributed by atoms with Crippen molar-refractivity contribution in [3.8, 4) is 5.69 Å². The van der Waals surface area contributed by atoms with Crippen molar-refractivity contribution in [1.29, 1.82) is 0 Å². The van der Waals surface area contributed by atoms with Gasteiger partial charge < -0.3 is 5.11 Å². The fraction of sp³-hybridized carbons (Fsp3) is 0. The third-order valence-corrected chi connectivity index (χ3v) is 2.86. The molecule has 2 rings (SSSR count). The number of hydrogen-bond acceptors (Lipinski definition) is 3. The van der Waals surface area contributed by atoms with E-state index >= 15 is 0 Å². The van der Waals surface area contributed by atoms with E-state index in [0.717, 1.165) is 23.0 Å². The van der Waals surface area contributed by atoms with E-state index in [1.54, 1.807) is 0 Å². The molecular formula is C11H5BrF2N2O3. The van der Waals surface area contributed by atoms with Gasteiger partial charge in [-0.1, -0.05) is 0 Å². The first-order valence-electron chi connectivity index (χ1n) is 4.88. The molecule has 98 valence electrons. The van der Waals surface area contributed by atoms with Crippen molar-refractivity contribution in [2.45, 2.75) is 0 Å². The maximum atomic E-state index is 13.6. The molecule has 0 fully saturated rings. The highest BCUT2D eigenvalue weighted by molar-refractivity contribution is 9.10. The first kappa shape index (κ1) is 13.3. The van der Waals surface area contributed by atoms with Gasteiger partial charge in [0.15, 0.2) is 5.82 Å². The molecule has 1 aromatic carbocycles. The van der Waals surface area contributed by atoms with Crippen LogP contribution < -0.4 is 5.43 Å². The number of nitrogens with zero attached hydrogens (tertiary/aromatic N) is 2. The summed E-state index contributed by atoms with van der Waals surface area (Å²) in [5.41, 5.74) is -1.73. The summed E-state index contributed by atoms with van der Waals surface area (Å²) >= 11 is 2.88. The molecule has 0 bridgehead atoms. The maximum absolute atomic E-state index is 13.6. The van der Waals surface area contributed by atoms with Crippen molar-refractivity contribution >= 4 is 21.9 Å². The molecule has 0 aliphatic heterocycles. The predicted molar refractivity (Wildman–Crippen MR) is 64.4 cm³/mol. The Balaban J connectivity index is 2.66. The van der Waals surface area contributed by atoms with Crippen molar-refractivity contribution in [1.82, 2.24) is 9.78 Å². The molecule has 0 unspecified atom stereocenters. The molecule has 0 atom stereocenters. The summed E-state index contributed by atoms with van der Waals surface area (Å²) in [6.07, 6.45) is 1.09. The molecular weight excluding hydrogens is 326 g/mol. The highest BCUT2D eigenvalue weighted by Crippen LogP contribution is 2.22. The van der Waals surface area contributed by atoms with Crippen LogP contribution in [0.4, 0.5) is 8.78 Å². The monoisotopic (exact) mass is 330 g/mol. The minimum absolute atomic E-state index is 0.0127. The van der Waals surface area contributed by atoms with Gasteiger partial charge in [0.25, 0.3) is 0 Å². The van der Waals surface area contributed by atoms with E-state index in [9.17, 15) is 18.4 Å². The fourth-order valence-corrected chi connectivity index (χ4v) is 1.71. The molecule has 0 radical (unpaired) electrons. The Labute approximate surface area is 113 Å². The molecule has 1 heterocycles. The summed E-state index contributed by atoms with van der Waals surface area (Å²) in [5.74, 6) is -3.27. The number of benzene rings is 1. The number of carboxylic acids is 1. The van der Waals surface area contributed by atoms with Crippen LogP contribution in [0.25, 0.3) is 5.69 Å². The summed E-state index contributed by atoms with van der Waals surface area (Å²) in [5, 5.41) is 12.3. The van der Waals surface area contributed by atoms with Crippen molar-refractivity contribution in [3.63, 3.8) is 0 Å². The smallest absolute Gasteiger partial charge is 0.360 e. The molecule has 2 aromatic rings. The summed E-state index contributed by atoms with van der Waals surface area (Å²) in [7, 11) is 0. The molecule has 1 N–H and O–H groups in total. The molecule has 0 saturated heterocycles. The average Bonchev–Trinajstić information content (AvgIpc) is 2.34. The van der Waals surface area contributed by atoms with Crippen molar-refractivity contribution in [2.75, 3.05) is 0 Å². The Bertz CT molecular complexity index is 730. The molecule has 5 nitrogen and oxygen atoms in total. The Morgan fingerprint density at radius 3 is 2.63 bits per heavy atom. The van der Waals surface area contributed by atoms with Crippen LogP contribution in [-0.4, -0.2) is 20.9 Å². The van der Waals surface area contributed by atoms with Crippen LogP contribution in [0.1, 0.15) is 10.5 Å². The van der Waals surface area contributed by atoms with E-state index in [2.05, 4.69) is 21.0 Å². The second-order valence-corrected chi connectivity index (χ2v) is 4.35. The van der Waals surface area contributed by atoms with Gasteiger partial charge in [0.1, 0.15) is 11.5 Å². The van der Waals surface area contributed by atoms with Gasteiger partial charge in [-0.2, -0.15) is 5.10 Å². The van der Waals surface area contributed by atoms with E-state index in [0.29, 0.717) is 6.07 Å². The lowest BCUT2D eigenvalue weighted by atomic mass is 10.3. The third-order valence-electron chi connectivity index (χ3n) is 2.25. The maximum Gasteiger partial charge on any atom is 0.360 e. The van der Waals surface area contributed by atoms with Gasteiger partial charge in [-0.05, 0) is 22.0 Å². The topological polar surface area (TPSA) is 72.2 Å². The average molecular weight is 331 g/mol. The van der Waals surface area contributed by atoms with Crippen molar-refractivity contribution in [3.05, 3.63) is 56.4 Å². The number of aromatic nitrogens is 2. The van der Waals surface area contributed by atoms with Gasteiger partial charge in [0.05, 0.1) is 4.47 Å². The molecule has 0 spiro atoms. The summed E-state index contributed by atoms with van der Waals surface area (Å²) in [6.45, 7) is 0. The second-order valence-electron chi connectivity index (χ2n) is 3.50. The normalized spacial score (nSPS) is 10.5. The minimum atomic E-state index is -1.53. The van der Waals surface area contributed by atoms with Crippen LogP contribution in [0.15, 0.2) is 33.7 Å². The highest BCUT2D eigenvalue weighted by atomic mass is 79.9. The SMILES string of the molecule is O=C(O)c1nn(-c2cc(Br)c(F)cc2F)ccc1=O. The number of carbonyl (C=O) groups is 1. The van der Waals surface area contributed by atoms with Crippen LogP contribution in [0.2, 0.25) is 0 Å². The second kappa shape index (κ2) is 4.88. The molecule has 19 heavy (non-hydrogen) atoms. The summed E-state index contributed by atoms with van der Waals surface area (Å²) < 4.78 is 27.5. The third kappa shape index (κ3) is 2.53. The predicted octanol–water partition coefficient (Wildman–Crippen LogP) is 1.97. The van der Waals surface area contributed by atoms with E-state index in [1.807, 2.05) is 0 Å². The number of rotatable bonds is 2. The standard InChI is InChI=1S/C11H5BrF2N2O3/c12-5-3-8(7(14)4-6(5)13)16-2-1-9(17)10(15-16)11(18)19/h1-4H,(H,18,19). The van der Waals surface area contributed by atoms with E-state index in [4.69, 9.17) is 5.11 Å². The first-order valence-corrected chi connectivity index (χ1v) is 5.67. The Morgan fingerprint density at radius 1 is 1.32 bits per heavy atom. The van der Waals surface area contributed by atoms with E-state index < -0.39 is 28.7 Å². The van der Waals surface area contributed by atoms with Crippen LogP contribution in [0.3, 0.4) is 0 Å². The lowest BCUT2D eigenvalue weighted by molar-refractivity contribution is 0.0686. The zero-order valence-electron chi connectivity index (χ0n) is 9.10. The molecule has 0 amide bonds. The van der Waals surface area contributed by atoms with Crippen LogP contribution in [-0.2, 0) is 0 Å². The Morgan fingerprint density at radius 2 is 2.00 bits per heavy atom. The largest absolute Gasteiger partial charge is 0.476 e. The minimum Gasteiger partial charge on any atom is -0.476 e. The lowest BCUT2D eigenvalue weighted by Gasteiger charge is -2.08. The number of aromatic carboxylic acids is 1. The molecule has 8 heteroatoms. The zero-order valence-corrected chi connectivity index (χ0v) is 10.7. The van der Waals surface area contributed by atoms with Gasteiger partial charge in [-0.3, -0.25) is 4.79 Å². The van der Waals surface area contributed by atoms with Crippen LogP contribution >= 0.6 is 15.9 Å². The fourth-order valence-electron chi connectivity index (χ4n) is 1.38. The summed E-state index contributed by atoms with van der Waals surface area (Å²) in [4.78, 5) is 22.0. The number of halogens is 3. The molecule has 0 aliphatic carbocycles. The zero-order chi connectivity index (χ0) is 14.2. The molecule has 0 saturated carbocycles. The highest BCUT2D eigenvalue weighted by Gasteiger charge is 2.14. The van der Waals surface area contributed by atoms with Crippen molar-refractivity contribution in [2.24, 2.45) is 0 Å². The number of hydrogen-bond donors (Lipinski definition) is 1. The van der Waals surface area contributed by atoms with Gasteiger partial charge in [0, 0.05) is 18.3 Å².